The zero-order chi connectivity index (χ0) is 15.6. The van der Waals surface area contributed by atoms with Gasteiger partial charge in [-0.2, -0.15) is 0 Å². The van der Waals surface area contributed by atoms with Crippen molar-refractivity contribution < 1.29 is 4.79 Å². The average molecular weight is 324 g/mol. The van der Waals surface area contributed by atoms with Crippen LogP contribution >= 0.6 is 11.3 Å². The lowest BCUT2D eigenvalue weighted by Crippen LogP contribution is -2.39. The Kier molecular flexibility index (Phi) is 3.75. The Labute approximate surface area is 138 Å². The molecule has 0 aliphatic carbocycles. The van der Waals surface area contributed by atoms with E-state index in [0.717, 1.165) is 36.0 Å². The molecule has 1 saturated heterocycles. The zero-order valence-corrected chi connectivity index (χ0v) is 13.4. The van der Waals surface area contributed by atoms with Crippen LogP contribution in [0.2, 0.25) is 0 Å². The fourth-order valence-electron chi connectivity index (χ4n) is 3.09. The Morgan fingerprint density at radius 1 is 1.30 bits per heavy atom. The number of hydrogen-bond acceptors (Lipinski definition) is 5. The first-order valence-corrected chi connectivity index (χ1v) is 8.64. The minimum Gasteiger partial charge on any atom is -0.337 e. The number of pyridine rings is 2. The van der Waals surface area contributed by atoms with Crippen LogP contribution in [0, 0.1) is 0 Å². The number of fused-ring (bicyclic) bond motifs is 1. The van der Waals surface area contributed by atoms with Crippen LogP contribution in [0.25, 0.3) is 10.9 Å². The molecule has 0 saturated carbocycles. The van der Waals surface area contributed by atoms with Gasteiger partial charge in [-0.15, -0.1) is 11.3 Å². The van der Waals surface area contributed by atoms with Crippen LogP contribution in [0.4, 0.5) is 0 Å². The van der Waals surface area contributed by atoms with Crippen LogP contribution in [0.15, 0.2) is 41.5 Å². The Hall–Kier alpha value is -2.34. The number of amides is 1. The molecule has 0 aromatic carbocycles. The summed E-state index contributed by atoms with van der Waals surface area (Å²) in [6.45, 7) is 1.49. The highest BCUT2D eigenvalue weighted by Gasteiger charge is 2.27. The molecule has 1 fully saturated rings. The van der Waals surface area contributed by atoms with E-state index in [1.54, 1.807) is 11.7 Å². The van der Waals surface area contributed by atoms with E-state index in [4.69, 9.17) is 0 Å². The van der Waals surface area contributed by atoms with E-state index < -0.39 is 0 Å². The second-order valence-electron chi connectivity index (χ2n) is 5.77. The molecule has 0 unspecified atom stereocenters. The first kappa shape index (κ1) is 14.3. The van der Waals surface area contributed by atoms with Gasteiger partial charge in [-0.3, -0.25) is 14.8 Å². The maximum absolute atomic E-state index is 12.5. The van der Waals surface area contributed by atoms with Gasteiger partial charge in [-0.1, -0.05) is 0 Å². The van der Waals surface area contributed by atoms with Gasteiger partial charge in [-0.05, 0) is 31.0 Å². The predicted molar refractivity (Wildman–Crippen MR) is 89.5 cm³/mol. The number of likely N-dealkylation sites (tertiary alicyclic amines) is 1. The summed E-state index contributed by atoms with van der Waals surface area (Å²) in [5.41, 5.74) is 4.22. The molecule has 1 amide bonds. The van der Waals surface area contributed by atoms with E-state index >= 15 is 0 Å². The summed E-state index contributed by atoms with van der Waals surface area (Å²) in [4.78, 5) is 27.5. The molecule has 1 atom stereocenters. The third-order valence-corrected chi connectivity index (χ3v) is 4.87. The van der Waals surface area contributed by atoms with Crippen LogP contribution in [0.1, 0.15) is 34.9 Å². The lowest BCUT2D eigenvalue weighted by Gasteiger charge is -2.32. The molecule has 3 aromatic rings. The average Bonchev–Trinajstić information content (AvgIpc) is 3.15. The van der Waals surface area contributed by atoms with Gasteiger partial charge in [0.25, 0.3) is 5.91 Å². The van der Waals surface area contributed by atoms with E-state index in [9.17, 15) is 4.79 Å². The van der Waals surface area contributed by atoms with Gasteiger partial charge in [0, 0.05) is 47.9 Å². The molecule has 0 bridgehead atoms. The molecule has 0 radical (unpaired) electrons. The topological polar surface area (TPSA) is 59.0 Å². The molecule has 0 N–H and O–H groups in total. The monoisotopic (exact) mass is 324 g/mol. The number of carbonyl (C=O) groups is 1. The van der Waals surface area contributed by atoms with Crippen molar-refractivity contribution in [3.8, 4) is 0 Å². The van der Waals surface area contributed by atoms with Gasteiger partial charge in [0.15, 0.2) is 0 Å². The van der Waals surface area contributed by atoms with E-state index in [-0.39, 0.29) is 11.8 Å². The fourth-order valence-corrected chi connectivity index (χ4v) is 3.61. The highest BCUT2D eigenvalue weighted by molar-refractivity contribution is 7.07. The van der Waals surface area contributed by atoms with Crippen LogP contribution in [-0.4, -0.2) is 38.8 Å². The van der Waals surface area contributed by atoms with Crippen LogP contribution in [0.3, 0.4) is 0 Å². The molecule has 1 aliphatic rings. The van der Waals surface area contributed by atoms with Gasteiger partial charge >= 0.3 is 0 Å². The van der Waals surface area contributed by atoms with Crippen LogP contribution in [0.5, 0.6) is 0 Å². The second kappa shape index (κ2) is 6.04. The summed E-state index contributed by atoms with van der Waals surface area (Å²) in [6.07, 6.45) is 5.71. The maximum atomic E-state index is 12.5. The van der Waals surface area contributed by atoms with Gasteiger partial charge in [0.05, 0.1) is 11.0 Å². The van der Waals surface area contributed by atoms with Crippen molar-refractivity contribution in [1.29, 1.82) is 0 Å². The summed E-state index contributed by atoms with van der Waals surface area (Å²) in [5.74, 6) is 0.285. The Bertz CT molecular complexity index is 833. The van der Waals surface area contributed by atoms with Crippen molar-refractivity contribution in [2.24, 2.45) is 0 Å². The molecule has 4 heterocycles. The van der Waals surface area contributed by atoms with Crippen molar-refractivity contribution in [1.82, 2.24) is 19.9 Å². The molecule has 23 heavy (non-hydrogen) atoms. The van der Waals surface area contributed by atoms with Gasteiger partial charge in [-0.25, -0.2) is 4.98 Å². The maximum Gasteiger partial charge on any atom is 0.273 e. The highest BCUT2D eigenvalue weighted by atomic mass is 32.1. The SMILES string of the molecule is O=C(c1cscn1)N1CCC[C@H](c2cc3ncccc3cn2)C1. The lowest BCUT2D eigenvalue weighted by molar-refractivity contribution is 0.0701. The van der Waals surface area contributed by atoms with Crippen molar-refractivity contribution in [2.45, 2.75) is 18.8 Å². The largest absolute Gasteiger partial charge is 0.337 e. The number of rotatable bonds is 2. The fraction of sp³-hybridized carbons (Fsp3) is 0.294. The molecule has 1 aliphatic heterocycles. The van der Waals surface area contributed by atoms with Crippen molar-refractivity contribution in [3.63, 3.8) is 0 Å². The summed E-state index contributed by atoms with van der Waals surface area (Å²) < 4.78 is 0. The third-order valence-electron chi connectivity index (χ3n) is 4.29. The van der Waals surface area contributed by atoms with E-state index in [1.165, 1.54) is 11.3 Å². The number of carbonyl (C=O) groups excluding carboxylic acids is 1. The number of nitrogens with zero attached hydrogens (tertiary/aromatic N) is 4. The van der Waals surface area contributed by atoms with E-state index in [2.05, 4.69) is 21.0 Å². The van der Waals surface area contributed by atoms with Crippen molar-refractivity contribution >= 4 is 28.1 Å². The van der Waals surface area contributed by atoms with Crippen molar-refractivity contribution in [2.75, 3.05) is 13.1 Å². The predicted octanol–water partition coefficient (Wildman–Crippen LogP) is 3.11. The van der Waals surface area contributed by atoms with Gasteiger partial charge < -0.3 is 4.90 Å². The highest BCUT2D eigenvalue weighted by Crippen LogP contribution is 2.27. The molecule has 4 rings (SSSR count). The normalized spacial score (nSPS) is 18.3. The zero-order valence-electron chi connectivity index (χ0n) is 12.6. The summed E-state index contributed by atoms with van der Waals surface area (Å²) >= 11 is 1.45. The Balaban J connectivity index is 1.57. The summed E-state index contributed by atoms with van der Waals surface area (Å²) in [6, 6.07) is 5.98. The van der Waals surface area contributed by atoms with Crippen LogP contribution < -0.4 is 0 Å². The second-order valence-corrected chi connectivity index (χ2v) is 6.49. The number of aromatic nitrogens is 3. The van der Waals surface area contributed by atoms with E-state index in [1.807, 2.05) is 28.6 Å². The third kappa shape index (κ3) is 2.82. The first-order chi connectivity index (χ1) is 11.3. The molecular formula is C17H16N4OS. The number of piperidine rings is 1. The quantitative estimate of drug-likeness (QED) is 0.727. The molecule has 5 nitrogen and oxygen atoms in total. The smallest absolute Gasteiger partial charge is 0.273 e. The van der Waals surface area contributed by atoms with Crippen molar-refractivity contribution in [3.05, 3.63) is 52.9 Å². The molecule has 6 heteroatoms. The Morgan fingerprint density at radius 2 is 2.26 bits per heavy atom. The summed E-state index contributed by atoms with van der Waals surface area (Å²) in [7, 11) is 0. The standard InChI is InChI=1S/C17H16N4OS/c22-17(16-10-23-11-20-16)21-6-2-4-13(9-21)15-7-14-12(8-19-15)3-1-5-18-14/h1,3,5,7-8,10-11,13H,2,4,6,9H2/t13-/m0/s1. The molecular weight excluding hydrogens is 308 g/mol. The number of thiazole rings is 1. The minimum absolute atomic E-state index is 0.0230. The van der Waals surface area contributed by atoms with Crippen LogP contribution in [-0.2, 0) is 0 Å². The van der Waals surface area contributed by atoms with Gasteiger partial charge in [0.1, 0.15) is 5.69 Å². The lowest BCUT2D eigenvalue weighted by atomic mass is 9.93. The first-order valence-electron chi connectivity index (χ1n) is 7.69. The molecule has 0 spiro atoms. The van der Waals surface area contributed by atoms with Gasteiger partial charge in [0.2, 0.25) is 0 Å². The summed E-state index contributed by atoms with van der Waals surface area (Å²) in [5, 5.41) is 2.85. The Morgan fingerprint density at radius 3 is 3.13 bits per heavy atom. The number of hydrogen-bond donors (Lipinski definition) is 0. The molecule has 116 valence electrons. The minimum atomic E-state index is 0.0230. The van der Waals surface area contributed by atoms with E-state index in [0.29, 0.717) is 12.2 Å². The molecule has 3 aromatic heterocycles.